The summed E-state index contributed by atoms with van der Waals surface area (Å²) in [4.78, 5) is 51.9. The quantitative estimate of drug-likeness (QED) is 0.430. The van der Waals surface area contributed by atoms with Crippen LogP contribution >= 0.6 is 0 Å². The molecule has 0 bridgehead atoms. The second kappa shape index (κ2) is 9.70. The number of esters is 1. The molecule has 1 heterocycles. The van der Waals surface area contributed by atoms with Crippen LogP contribution in [0.3, 0.4) is 0 Å². The van der Waals surface area contributed by atoms with Crippen LogP contribution < -0.4 is 5.32 Å². The maximum absolute atomic E-state index is 12.9. The first-order valence-electron chi connectivity index (χ1n) is 11.0. The number of rotatable bonds is 7. The number of amides is 3. The van der Waals surface area contributed by atoms with E-state index < -0.39 is 29.8 Å². The van der Waals surface area contributed by atoms with Crippen LogP contribution in [0.15, 0.2) is 78.9 Å². The van der Waals surface area contributed by atoms with Crippen molar-refractivity contribution in [3.05, 3.63) is 107 Å². The van der Waals surface area contributed by atoms with Crippen molar-refractivity contribution in [2.24, 2.45) is 0 Å². The topological polar surface area (TPSA) is 92.8 Å². The van der Waals surface area contributed by atoms with Crippen molar-refractivity contribution in [2.45, 2.75) is 32.5 Å². The van der Waals surface area contributed by atoms with E-state index in [2.05, 4.69) is 5.32 Å². The van der Waals surface area contributed by atoms with E-state index in [4.69, 9.17) is 4.74 Å². The monoisotopic (exact) mass is 456 g/mol. The molecule has 1 aliphatic rings. The fraction of sp³-hybridized carbons (Fsp3) is 0.185. The molecule has 172 valence electrons. The molecule has 0 saturated heterocycles. The minimum atomic E-state index is -1.04. The molecule has 0 aliphatic carbocycles. The molecule has 0 saturated carbocycles. The summed E-state index contributed by atoms with van der Waals surface area (Å²) < 4.78 is 5.32. The summed E-state index contributed by atoms with van der Waals surface area (Å²) in [6.07, 6.45) is -1.04. The molecular formula is C27H24N2O5. The Morgan fingerprint density at radius 1 is 0.853 bits per heavy atom. The van der Waals surface area contributed by atoms with Gasteiger partial charge in [0.1, 0.15) is 0 Å². The number of carbonyl (C=O) groups is 4. The van der Waals surface area contributed by atoms with Crippen LogP contribution in [-0.4, -0.2) is 34.7 Å². The van der Waals surface area contributed by atoms with Crippen LogP contribution in [0.4, 0.5) is 0 Å². The van der Waals surface area contributed by atoms with E-state index in [9.17, 15) is 19.2 Å². The molecule has 34 heavy (non-hydrogen) atoms. The summed E-state index contributed by atoms with van der Waals surface area (Å²) >= 11 is 0. The average molecular weight is 456 g/mol. The second-order valence-electron chi connectivity index (χ2n) is 8.13. The Morgan fingerprint density at radius 2 is 1.47 bits per heavy atom. The van der Waals surface area contributed by atoms with Gasteiger partial charge in [0.2, 0.25) is 0 Å². The van der Waals surface area contributed by atoms with Gasteiger partial charge in [-0.05, 0) is 43.2 Å². The van der Waals surface area contributed by atoms with Crippen LogP contribution in [0.25, 0.3) is 0 Å². The van der Waals surface area contributed by atoms with E-state index in [1.165, 1.54) is 25.1 Å². The van der Waals surface area contributed by atoms with Crippen LogP contribution in [0, 0.1) is 0 Å². The van der Waals surface area contributed by atoms with Gasteiger partial charge in [0.25, 0.3) is 17.7 Å². The highest BCUT2D eigenvalue weighted by atomic mass is 16.5. The zero-order chi connectivity index (χ0) is 24.2. The third-order valence-electron chi connectivity index (χ3n) is 5.70. The summed E-state index contributed by atoms with van der Waals surface area (Å²) in [5, 5.41) is 2.81. The summed E-state index contributed by atoms with van der Waals surface area (Å²) in [6, 6.07) is 22.6. The summed E-state index contributed by atoms with van der Waals surface area (Å²) in [7, 11) is 0. The molecule has 0 radical (unpaired) electrons. The molecule has 0 aromatic heterocycles. The van der Waals surface area contributed by atoms with Crippen molar-refractivity contribution >= 4 is 23.7 Å². The van der Waals surface area contributed by atoms with Crippen LogP contribution in [-0.2, 0) is 16.1 Å². The molecule has 1 N–H and O–H groups in total. The highest BCUT2D eigenvalue weighted by molar-refractivity contribution is 6.21. The molecular weight excluding hydrogens is 432 g/mol. The zero-order valence-corrected chi connectivity index (χ0v) is 18.9. The van der Waals surface area contributed by atoms with Gasteiger partial charge < -0.3 is 10.1 Å². The number of nitrogens with zero attached hydrogens (tertiary/aromatic N) is 1. The third-order valence-corrected chi connectivity index (χ3v) is 5.70. The predicted octanol–water partition coefficient (Wildman–Crippen LogP) is 3.91. The minimum absolute atomic E-state index is 0.0946. The van der Waals surface area contributed by atoms with Gasteiger partial charge in [-0.3, -0.25) is 19.3 Å². The van der Waals surface area contributed by atoms with Gasteiger partial charge in [-0.15, -0.1) is 0 Å². The largest absolute Gasteiger partial charge is 0.449 e. The van der Waals surface area contributed by atoms with E-state index in [1.54, 1.807) is 0 Å². The first-order valence-corrected chi connectivity index (χ1v) is 11.0. The smallest absolute Gasteiger partial charge is 0.338 e. The van der Waals surface area contributed by atoms with Crippen molar-refractivity contribution in [3.8, 4) is 0 Å². The Labute approximate surface area is 197 Å². The molecule has 2 unspecified atom stereocenters. The Hall–Kier alpha value is -4.26. The van der Waals surface area contributed by atoms with E-state index in [-0.39, 0.29) is 29.3 Å². The van der Waals surface area contributed by atoms with Crippen molar-refractivity contribution in [2.75, 3.05) is 0 Å². The SMILES string of the molecule is CC(OC(=O)c1ccc2c(c1)C(=O)N(Cc1ccccc1)C2=O)C(=O)NC(C)c1ccccc1. The Kier molecular flexibility index (Phi) is 6.54. The zero-order valence-electron chi connectivity index (χ0n) is 18.9. The molecule has 0 spiro atoms. The molecule has 7 heteroatoms. The van der Waals surface area contributed by atoms with Gasteiger partial charge in [-0.25, -0.2) is 4.79 Å². The molecule has 3 amide bonds. The highest BCUT2D eigenvalue weighted by Gasteiger charge is 2.36. The van der Waals surface area contributed by atoms with Crippen LogP contribution in [0.2, 0.25) is 0 Å². The number of carbonyl (C=O) groups excluding carboxylic acids is 4. The van der Waals surface area contributed by atoms with E-state index in [1.807, 2.05) is 67.6 Å². The Morgan fingerprint density at radius 3 is 2.15 bits per heavy atom. The molecule has 3 aromatic carbocycles. The number of nitrogens with one attached hydrogen (secondary N) is 1. The highest BCUT2D eigenvalue weighted by Crippen LogP contribution is 2.26. The molecule has 2 atom stereocenters. The second-order valence-corrected chi connectivity index (χ2v) is 8.13. The van der Waals surface area contributed by atoms with Crippen LogP contribution in [0.5, 0.6) is 0 Å². The van der Waals surface area contributed by atoms with Crippen molar-refractivity contribution in [1.82, 2.24) is 10.2 Å². The van der Waals surface area contributed by atoms with Gasteiger partial charge in [0, 0.05) is 0 Å². The lowest BCUT2D eigenvalue weighted by molar-refractivity contribution is -0.129. The first-order chi connectivity index (χ1) is 16.3. The summed E-state index contributed by atoms with van der Waals surface area (Å²) in [5.41, 5.74) is 2.22. The van der Waals surface area contributed by atoms with Gasteiger partial charge in [0.15, 0.2) is 6.10 Å². The van der Waals surface area contributed by atoms with E-state index in [0.717, 1.165) is 16.0 Å². The predicted molar refractivity (Wildman–Crippen MR) is 125 cm³/mol. The van der Waals surface area contributed by atoms with Gasteiger partial charge in [-0.2, -0.15) is 0 Å². The standard InChI is InChI=1S/C27H24N2O5/c1-17(20-11-7-4-8-12-20)28-24(30)18(2)34-27(33)21-13-14-22-23(15-21)26(32)29(25(22)31)16-19-9-5-3-6-10-19/h3-15,17-18H,16H2,1-2H3,(H,28,30). The lowest BCUT2D eigenvalue weighted by Crippen LogP contribution is -2.37. The molecule has 1 aliphatic heterocycles. The van der Waals surface area contributed by atoms with Gasteiger partial charge in [-0.1, -0.05) is 60.7 Å². The molecule has 3 aromatic rings. The fourth-order valence-electron chi connectivity index (χ4n) is 3.77. The number of hydrogen-bond acceptors (Lipinski definition) is 5. The number of hydrogen-bond donors (Lipinski definition) is 1. The van der Waals surface area contributed by atoms with E-state index >= 15 is 0 Å². The minimum Gasteiger partial charge on any atom is -0.449 e. The lowest BCUT2D eigenvalue weighted by atomic mass is 10.1. The molecule has 7 nitrogen and oxygen atoms in total. The number of benzene rings is 3. The van der Waals surface area contributed by atoms with Crippen molar-refractivity contribution in [1.29, 1.82) is 0 Å². The van der Waals surface area contributed by atoms with Gasteiger partial charge in [0.05, 0.1) is 29.3 Å². The molecule has 0 fully saturated rings. The maximum atomic E-state index is 12.9. The fourth-order valence-corrected chi connectivity index (χ4v) is 3.77. The van der Waals surface area contributed by atoms with Gasteiger partial charge >= 0.3 is 5.97 Å². The normalized spacial score (nSPS) is 14.4. The van der Waals surface area contributed by atoms with Crippen molar-refractivity contribution < 1.29 is 23.9 Å². The average Bonchev–Trinajstić information content (AvgIpc) is 3.09. The Balaban J connectivity index is 1.42. The van der Waals surface area contributed by atoms with Crippen LogP contribution in [0.1, 0.15) is 62.1 Å². The number of fused-ring (bicyclic) bond motifs is 1. The number of imide groups is 1. The maximum Gasteiger partial charge on any atom is 0.338 e. The Bertz CT molecular complexity index is 1240. The third kappa shape index (κ3) is 4.73. The summed E-state index contributed by atoms with van der Waals surface area (Å²) in [5.74, 6) is -2.07. The lowest BCUT2D eigenvalue weighted by Gasteiger charge is -2.18. The molecule has 4 rings (SSSR count). The number of ether oxygens (including phenoxy) is 1. The van der Waals surface area contributed by atoms with E-state index in [0.29, 0.717) is 0 Å². The summed E-state index contributed by atoms with van der Waals surface area (Å²) in [6.45, 7) is 3.46. The first kappa shape index (κ1) is 22.9. The van der Waals surface area contributed by atoms with Crippen molar-refractivity contribution in [3.63, 3.8) is 0 Å².